The van der Waals surface area contributed by atoms with E-state index in [-0.39, 0.29) is 10.8 Å². The fourth-order valence-corrected chi connectivity index (χ4v) is 2.35. The number of halogens is 5. The zero-order valence-corrected chi connectivity index (χ0v) is 12.2. The smallest absolute Gasteiger partial charge is 0.416 e. The third-order valence-electron chi connectivity index (χ3n) is 2.54. The standard InChI is InChI=1S/C13H7ClF3IO/c14-10-6-12(19)11(18)5-9(10)7-2-1-3-8(4-7)13(15,16)17/h1-6,19H. The lowest BCUT2D eigenvalue weighted by Crippen LogP contribution is -2.04. The summed E-state index contributed by atoms with van der Waals surface area (Å²) in [5.74, 6) is 0.00123. The minimum atomic E-state index is -4.40. The molecule has 0 aromatic heterocycles. The van der Waals surface area contributed by atoms with Crippen molar-refractivity contribution in [3.8, 4) is 16.9 Å². The summed E-state index contributed by atoms with van der Waals surface area (Å²) in [6.45, 7) is 0. The number of rotatable bonds is 1. The van der Waals surface area contributed by atoms with Crippen LogP contribution in [-0.2, 0) is 6.18 Å². The van der Waals surface area contributed by atoms with E-state index in [1.807, 2.05) is 22.6 Å². The van der Waals surface area contributed by atoms with Crippen LogP contribution in [0.15, 0.2) is 36.4 Å². The monoisotopic (exact) mass is 398 g/mol. The minimum absolute atomic E-state index is 0.00123. The molecule has 19 heavy (non-hydrogen) atoms. The molecule has 0 aliphatic heterocycles. The van der Waals surface area contributed by atoms with Crippen LogP contribution in [0.3, 0.4) is 0 Å². The molecule has 2 rings (SSSR count). The highest BCUT2D eigenvalue weighted by Gasteiger charge is 2.30. The number of benzene rings is 2. The molecule has 2 aromatic rings. The van der Waals surface area contributed by atoms with Gasteiger partial charge in [0.1, 0.15) is 5.75 Å². The van der Waals surface area contributed by atoms with Crippen LogP contribution < -0.4 is 0 Å². The molecule has 1 N–H and O–H groups in total. The van der Waals surface area contributed by atoms with E-state index in [4.69, 9.17) is 11.6 Å². The topological polar surface area (TPSA) is 20.2 Å². The Morgan fingerprint density at radius 3 is 2.42 bits per heavy atom. The largest absolute Gasteiger partial charge is 0.507 e. The first-order valence-electron chi connectivity index (χ1n) is 5.14. The highest BCUT2D eigenvalue weighted by molar-refractivity contribution is 14.1. The van der Waals surface area contributed by atoms with Crippen molar-refractivity contribution in [1.29, 1.82) is 0 Å². The molecule has 2 aromatic carbocycles. The Morgan fingerprint density at radius 2 is 1.79 bits per heavy atom. The van der Waals surface area contributed by atoms with Gasteiger partial charge in [-0.3, -0.25) is 0 Å². The molecule has 0 spiro atoms. The first-order valence-corrected chi connectivity index (χ1v) is 6.60. The Labute approximate surface area is 126 Å². The van der Waals surface area contributed by atoms with Crippen LogP contribution in [-0.4, -0.2) is 5.11 Å². The van der Waals surface area contributed by atoms with Crippen LogP contribution in [0.1, 0.15) is 5.56 Å². The molecule has 0 bridgehead atoms. The molecule has 0 heterocycles. The van der Waals surface area contributed by atoms with Gasteiger partial charge in [-0.05, 0) is 46.4 Å². The highest BCUT2D eigenvalue weighted by atomic mass is 127. The first-order chi connectivity index (χ1) is 8.79. The molecule has 0 amide bonds. The lowest BCUT2D eigenvalue weighted by molar-refractivity contribution is -0.137. The molecular weight excluding hydrogens is 391 g/mol. The van der Waals surface area contributed by atoms with Crippen LogP contribution in [0, 0.1) is 3.57 Å². The van der Waals surface area contributed by atoms with Gasteiger partial charge in [0.25, 0.3) is 0 Å². The third kappa shape index (κ3) is 3.14. The molecule has 0 radical (unpaired) electrons. The number of hydrogen-bond donors (Lipinski definition) is 1. The molecule has 100 valence electrons. The van der Waals surface area contributed by atoms with Crippen LogP contribution >= 0.6 is 34.2 Å². The summed E-state index contributed by atoms with van der Waals surface area (Å²) >= 11 is 7.85. The average molecular weight is 399 g/mol. The fraction of sp³-hybridized carbons (Fsp3) is 0.0769. The van der Waals surface area contributed by atoms with Crippen molar-refractivity contribution in [2.45, 2.75) is 6.18 Å². The SMILES string of the molecule is Oc1cc(Cl)c(-c2cccc(C(F)(F)F)c2)cc1I. The molecule has 0 saturated carbocycles. The Kier molecular flexibility index (Phi) is 3.96. The van der Waals surface area contributed by atoms with Gasteiger partial charge in [0.05, 0.1) is 14.2 Å². The van der Waals surface area contributed by atoms with E-state index < -0.39 is 11.7 Å². The van der Waals surface area contributed by atoms with Crippen LogP contribution in [0.4, 0.5) is 13.2 Å². The van der Waals surface area contributed by atoms with E-state index in [9.17, 15) is 18.3 Å². The average Bonchev–Trinajstić information content (AvgIpc) is 2.33. The Bertz CT molecular complexity index is 626. The lowest BCUT2D eigenvalue weighted by atomic mass is 10.0. The maximum absolute atomic E-state index is 12.7. The van der Waals surface area contributed by atoms with E-state index in [1.165, 1.54) is 12.1 Å². The summed E-state index contributed by atoms with van der Waals surface area (Å²) in [6.07, 6.45) is -4.40. The molecule has 0 saturated heterocycles. The normalized spacial score (nSPS) is 11.6. The summed E-state index contributed by atoms with van der Waals surface area (Å²) in [7, 11) is 0. The van der Waals surface area contributed by atoms with Gasteiger partial charge in [0.15, 0.2) is 0 Å². The minimum Gasteiger partial charge on any atom is -0.507 e. The van der Waals surface area contributed by atoms with E-state index in [0.717, 1.165) is 12.1 Å². The molecular formula is C13H7ClF3IO. The van der Waals surface area contributed by atoms with E-state index >= 15 is 0 Å². The van der Waals surface area contributed by atoms with Gasteiger partial charge in [-0.2, -0.15) is 13.2 Å². The van der Waals surface area contributed by atoms with Crippen molar-refractivity contribution in [3.63, 3.8) is 0 Å². The highest BCUT2D eigenvalue weighted by Crippen LogP contribution is 2.37. The predicted octanol–water partition coefficient (Wildman–Crippen LogP) is 5.34. The fourth-order valence-electron chi connectivity index (χ4n) is 1.62. The maximum atomic E-state index is 12.7. The van der Waals surface area contributed by atoms with Gasteiger partial charge in [0.2, 0.25) is 0 Å². The zero-order valence-electron chi connectivity index (χ0n) is 9.30. The summed E-state index contributed by atoms with van der Waals surface area (Å²) in [6, 6.07) is 7.78. The second-order valence-electron chi connectivity index (χ2n) is 3.86. The Balaban J connectivity index is 2.57. The van der Waals surface area contributed by atoms with Gasteiger partial charge in [-0.25, -0.2) is 0 Å². The number of alkyl halides is 3. The molecule has 0 aliphatic carbocycles. The van der Waals surface area contributed by atoms with Gasteiger partial charge < -0.3 is 5.11 Å². The van der Waals surface area contributed by atoms with Crippen LogP contribution in [0.5, 0.6) is 5.75 Å². The number of aromatic hydroxyl groups is 1. The van der Waals surface area contributed by atoms with Crippen molar-refractivity contribution in [2.24, 2.45) is 0 Å². The summed E-state index contributed by atoms with van der Waals surface area (Å²) in [5.41, 5.74) is 0.0804. The number of phenols is 1. The predicted molar refractivity (Wildman–Crippen MR) is 76.3 cm³/mol. The molecule has 6 heteroatoms. The number of phenolic OH excluding ortho intramolecular Hbond substituents is 1. The van der Waals surface area contributed by atoms with Gasteiger partial charge in [0, 0.05) is 11.6 Å². The lowest BCUT2D eigenvalue weighted by Gasteiger charge is -2.11. The number of hydrogen-bond acceptors (Lipinski definition) is 1. The van der Waals surface area contributed by atoms with Crippen molar-refractivity contribution >= 4 is 34.2 Å². The molecule has 0 unspecified atom stereocenters. The quantitative estimate of drug-likeness (QED) is 0.643. The molecule has 0 aliphatic rings. The van der Waals surface area contributed by atoms with Crippen molar-refractivity contribution in [2.75, 3.05) is 0 Å². The van der Waals surface area contributed by atoms with Gasteiger partial charge >= 0.3 is 6.18 Å². The van der Waals surface area contributed by atoms with Crippen molar-refractivity contribution < 1.29 is 18.3 Å². The Hall–Kier alpha value is -0.950. The Morgan fingerprint density at radius 1 is 1.11 bits per heavy atom. The molecule has 1 nitrogen and oxygen atoms in total. The van der Waals surface area contributed by atoms with E-state index in [2.05, 4.69) is 0 Å². The molecule has 0 fully saturated rings. The van der Waals surface area contributed by atoms with Gasteiger partial charge in [-0.15, -0.1) is 0 Å². The van der Waals surface area contributed by atoms with Crippen molar-refractivity contribution in [1.82, 2.24) is 0 Å². The summed E-state index contributed by atoms with van der Waals surface area (Å²) in [4.78, 5) is 0. The van der Waals surface area contributed by atoms with E-state index in [1.54, 1.807) is 12.1 Å². The zero-order chi connectivity index (χ0) is 14.2. The second-order valence-corrected chi connectivity index (χ2v) is 5.43. The summed E-state index contributed by atoms with van der Waals surface area (Å²) < 4.78 is 38.5. The third-order valence-corrected chi connectivity index (χ3v) is 3.71. The van der Waals surface area contributed by atoms with Crippen LogP contribution in [0.2, 0.25) is 5.02 Å². The van der Waals surface area contributed by atoms with Crippen LogP contribution in [0.25, 0.3) is 11.1 Å². The first kappa shape index (κ1) is 14.5. The van der Waals surface area contributed by atoms with Crippen molar-refractivity contribution in [3.05, 3.63) is 50.6 Å². The molecule has 0 atom stereocenters. The second kappa shape index (κ2) is 5.20. The van der Waals surface area contributed by atoms with E-state index in [0.29, 0.717) is 14.7 Å². The summed E-state index contributed by atoms with van der Waals surface area (Å²) in [5, 5.41) is 9.69. The van der Waals surface area contributed by atoms with Gasteiger partial charge in [-0.1, -0.05) is 23.7 Å². The maximum Gasteiger partial charge on any atom is 0.416 e.